The first-order valence-corrected chi connectivity index (χ1v) is 6.52. The standard InChI is InChI=1S/C14H23N/c1-3-4-5-7-13-10-9-12(2)14-8-6-11-15(13)14/h1,12-14H,4-11H2,2H3/t12-,13-,14+/m1/s1. The summed E-state index contributed by atoms with van der Waals surface area (Å²) in [6.45, 7) is 3.77. The predicted molar refractivity (Wildman–Crippen MR) is 64.6 cm³/mol. The first kappa shape index (κ1) is 11.0. The second-order valence-electron chi connectivity index (χ2n) is 5.25. The zero-order chi connectivity index (χ0) is 10.7. The van der Waals surface area contributed by atoms with Gasteiger partial charge in [-0.1, -0.05) is 6.92 Å². The number of nitrogens with zero attached hydrogens (tertiary/aromatic N) is 1. The van der Waals surface area contributed by atoms with Gasteiger partial charge < -0.3 is 0 Å². The summed E-state index contributed by atoms with van der Waals surface area (Å²) in [5, 5.41) is 0. The third-order valence-corrected chi connectivity index (χ3v) is 4.28. The van der Waals surface area contributed by atoms with Crippen molar-refractivity contribution in [3.8, 4) is 12.3 Å². The molecular formula is C14H23N. The molecule has 0 aliphatic carbocycles. The van der Waals surface area contributed by atoms with Crippen molar-refractivity contribution >= 4 is 0 Å². The molecule has 0 amide bonds. The van der Waals surface area contributed by atoms with Gasteiger partial charge in [-0.05, 0) is 51.0 Å². The van der Waals surface area contributed by atoms with E-state index in [-0.39, 0.29) is 0 Å². The predicted octanol–water partition coefficient (Wildman–Crippen LogP) is 3.05. The molecule has 15 heavy (non-hydrogen) atoms. The second kappa shape index (κ2) is 5.03. The number of rotatable bonds is 3. The van der Waals surface area contributed by atoms with Crippen LogP contribution in [0, 0.1) is 18.3 Å². The zero-order valence-electron chi connectivity index (χ0n) is 9.91. The number of fused-ring (bicyclic) bond motifs is 1. The fraction of sp³-hybridized carbons (Fsp3) is 0.857. The van der Waals surface area contributed by atoms with E-state index in [1.54, 1.807) is 0 Å². The van der Waals surface area contributed by atoms with Crippen LogP contribution in [-0.4, -0.2) is 23.5 Å². The molecule has 0 saturated carbocycles. The van der Waals surface area contributed by atoms with Crippen molar-refractivity contribution in [3.63, 3.8) is 0 Å². The summed E-state index contributed by atoms with van der Waals surface area (Å²) < 4.78 is 0. The highest BCUT2D eigenvalue weighted by Gasteiger charge is 2.37. The largest absolute Gasteiger partial charge is 0.297 e. The Morgan fingerprint density at radius 2 is 2.20 bits per heavy atom. The molecule has 2 aliphatic rings. The molecule has 0 N–H and O–H groups in total. The molecule has 0 aromatic rings. The summed E-state index contributed by atoms with van der Waals surface area (Å²) in [6, 6.07) is 1.75. The van der Waals surface area contributed by atoms with Crippen LogP contribution in [0.3, 0.4) is 0 Å². The lowest BCUT2D eigenvalue weighted by Gasteiger charge is -2.41. The molecule has 2 heterocycles. The lowest BCUT2D eigenvalue weighted by Crippen LogP contribution is -2.46. The molecule has 1 heteroatoms. The van der Waals surface area contributed by atoms with Crippen molar-refractivity contribution < 1.29 is 0 Å². The van der Waals surface area contributed by atoms with Crippen LogP contribution in [0.15, 0.2) is 0 Å². The van der Waals surface area contributed by atoms with Crippen molar-refractivity contribution in [2.24, 2.45) is 5.92 Å². The highest BCUT2D eigenvalue weighted by Crippen LogP contribution is 2.36. The van der Waals surface area contributed by atoms with Gasteiger partial charge in [-0.25, -0.2) is 0 Å². The smallest absolute Gasteiger partial charge is 0.0124 e. The summed E-state index contributed by atoms with van der Waals surface area (Å²) in [4.78, 5) is 2.78. The van der Waals surface area contributed by atoms with Gasteiger partial charge in [0.2, 0.25) is 0 Å². The minimum Gasteiger partial charge on any atom is -0.297 e. The van der Waals surface area contributed by atoms with Crippen LogP contribution < -0.4 is 0 Å². The summed E-state index contributed by atoms with van der Waals surface area (Å²) in [5.74, 6) is 3.68. The molecule has 0 unspecified atom stereocenters. The van der Waals surface area contributed by atoms with Gasteiger partial charge >= 0.3 is 0 Å². The number of hydrogen-bond acceptors (Lipinski definition) is 1. The molecule has 2 fully saturated rings. The normalized spacial score (nSPS) is 36.1. The van der Waals surface area contributed by atoms with Gasteiger partial charge in [0, 0.05) is 18.5 Å². The molecule has 0 aromatic carbocycles. The highest BCUT2D eigenvalue weighted by molar-refractivity contribution is 4.93. The molecule has 1 nitrogen and oxygen atoms in total. The van der Waals surface area contributed by atoms with E-state index in [4.69, 9.17) is 6.42 Å². The highest BCUT2D eigenvalue weighted by atomic mass is 15.2. The third kappa shape index (κ3) is 2.37. The van der Waals surface area contributed by atoms with E-state index >= 15 is 0 Å². The minimum atomic E-state index is 0.849. The Balaban J connectivity index is 1.87. The van der Waals surface area contributed by atoms with E-state index in [9.17, 15) is 0 Å². The van der Waals surface area contributed by atoms with E-state index in [2.05, 4.69) is 17.7 Å². The fourth-order valence-electron chi connectivity index (χ4n) is 3.44. The Hall–Kier alpha value is -0.480. The summed E-state index contributed by atoms with van der Waals surface area (Å²) in [6.07, 6.45) is 14.5. The quantitative estimate of drug-likeness (QED) is 0.505. The fourth-order valence-corrected chi connectivity index (χ4v) is 3.44. The van der Waals surface area contributed by atoms with Crippen LogP contribution in [0.4, 0.5) is 0 Å². The molecule has 2 aliphatic heterocycles. The van der Waals surface area contributed by atoms with Crippen LogP contribution in [0.25, 0.3) is 0 Å². The first-order valence-electron chi connectivity index (χ1n) is 6.52. The van der Waals surface area contributed by atoms with Gasteiger partial charge in [0.1, 0.15) is 0 Å². The molecule has 0 aromatic heterocycles. The van der Waals surface area contributed by atoms with Gasteiger partial charge in [-0.15, -0.1) is 12.3 Å². The van der Waals surface area contributed by atoms with Crippen LogP contribution in [0.2, 0.25) is 0 Å². The number of unbranched alkanes of at least 4 members (excludes halogenated alkanes) is 1. The number of piperidine rings is 1. The summed E-state index contributed by atoms with van der Waals surface area (Å²) in [5.41, 5.74) is 0. The molecule has 84 valence electrons. The summed E-state index contributed by atoms with van der Waals surface area (Å²) in [7, 11) is 0. The second-order valence-corrected chi connectivity index (χ2v) is 5.25. The molecule has 2 saturated heterocycles. The van der Waals surface area contributed by atoms with Crippen molar-refractivity contribution in [1.82, 2.24) is 4.90 Å². The van der Waals surface area contributed by atoms with Gasteiger partial charge in [0.25, 0.3) is 0 Å². The van der Waals surface area contributed by atoms with Gasteiger partial charge in [0.05, 0.1) is 0 Å². The Labute approximate surface area is 94.2 Å². The third-order valence-electron chi connectivity index (χ3n) is 4.28. The Bertz CT molecular complexity index is 240. The lowest BCUT2D eigenvalue weighted by molar-refractivity contribution is 0.0757. The van der Waals surface area contributed by atoms with Crippen molar-refractivity contribution in [2.75, 3.05) is 6.54 Å². The van der Waals surface area contributed by atoms with Gasteiger partial charge in [-0.3, -0.25) is 4.90 Å². The Morgan fingerprint density at radius 1 is 1.33 bits per heavy atom. The van der Waals surface area contributed by atoms with Crippen LogP contribution in [0.5, 0.6) is 0 Å². The van der Waals surface area contributed by atoms with Crippen molar-refractivity contribution in [1.29, 1.82) is 0 Å². The molecular weight excluding hydrogens is 182 g/mol. The molecule has 0 radical (unpaired) electrons. The maximum absolute atomic E-state index is 5.31. The van der Waals surface area contributed by atoms with E-state index in [0.29, 0.717) is 0 Å². The van der Waals surface area contributed by atoms with Crippen molar-refractivity contribution in [2.45, 2.75) is 64.0 Å². The monoisotopic (exact) mass is 205 g/mol. The zero-order valence-corrected chi connectivity index (χ0v) is 9.91. The van der Waals surface area contributed by atoms with E-state index in [0.717, 1.165) is 24.4 Å². The molecule has 0 spiro atoms. The van der Waals surface area contributed by atoms with E-state index in [1.807, 2.05) is 0 Å². The van der Waals surface area contributed by atoms with E-state index < -0.39 is 0 Å². The number of hydrogen-bond donors (Lipinski definition) is 0. The lowest BCUT2D eigenvalue weighted by atomic mass is 9.85. The maximum atomic E-state index is 5.31. The maximum Gasteiger partial charge on any atom is 0.0124 e. The Kier molecular flexibility index (Phi) is 3.70. The molecule has 2 rings (SSSR count). The van der Waals surface area contributed by atoms with Crippen molar-refractivity contribution in [3.05, 3.63) is 0 Å². The molecule has 0 bridgehead atoms. The van der Waals surface area contributed by atoms with E-state index in [1.165, 1.54) is 45.1 Å². The first-order chi connectivity index (χ1) is 7.33. The van der Waals surface area contributed by atoms with Crippen LogP contribution >= 0.6 is 0 Å². The average molecular weight is 205 g/mol. The van der Waals surface area contributed by atoms with Crippen LogP contribution in [-0.2, 0) is 0 Å². The summed E-state index contributed by atoms with van der Waals surface area (Å²) >= 11 is 0. The topological polar surface area (TPSA) is 3.24 Å². The Morgan fingerprint density at radius 3 is 3.00 bits per heavy atom. The minimum absolute atomic E-state index is 0.849. The van der Waals surface area contributed by atoms with Gasteiger partial charge in [-0.2, -0.15) is 0 Å². The van der Waals surface area contributed by atoms with Crippen LogP contribution in [0.1, 0.15) is 51.9 Å². The SMILES string of the molecule is C#CCCC[C@@H]1CC[C@@H](C)[C@@H]2CCCN12. The molecule has 3 atom stereocenters. The number of terminal acetylenes is 1. The average Bonchev–Trinajstić information content (AvgIpc) is 2.71. The van der Waals surface area contributed by atoms with Gasteiger partial charge in [0.15, 0.2) is 0 Å².